The largest absolute Gasteiger partial charge is 0.452 e. The van der Waals surface area contributed by atoms with E-state index in [1.54, 1.807) is 6.92 Å². The summed E-state index contributed by atoms with van der Waals surface area (Å²) in [6, 6.07) is 0. The maximum atomic E-state index is 11.3. The molecule has 0 amide bonds. The third-order valence-electron chi connectivity index (χ3n) is 2.46. The summed E-state index contributed by atoms with van der Waals surface area (Å²) < 4.78 is 36.1. The van der Waals surface area contributed by atoms with E-state index >= 15 is 0 Å². The number of unbranched alkanes of at least 4 members (excludes halogenated alkanes) is 3. The van der Waals surface area contributed by atoms with Crippen molar-refractivity contribution in [1.82, 2.24) is 0 Å². The lowest BCUT2D eigenvalue weighted by Crippen LogP contribution is -2.11. The van der Waals surface area contributed by atoms with Crippen molar-refractivity contribution >= 4 is 33.8 Å². The molecule has 0 aliphatic rings. The predicted octanol–water partition coefficient (Wildman–Crippen LogP) is 1.41. The quantitative estimate of drug-likeness (QED) is 0.363. The molecule has 2 unspecified atom stereocenters. The Labute approximate surface area is 136 Å². The van der Waals surface area contributed by atoms with E-state index in [1.165, 1.54) is 6.26 Å². The van der Waals surface area contributed by atoms with Crippen LogP contribution in [-0.2, 0) is 45.1 Å². The van der Waals surface area contributed by atoms with E-state index in [2.05, 4.69) is 0 Å². The van der Waals surface area contributed by atoms with Crippen LogP contribution in [0.2, 0.25) is 0 Å². The summed E-state index contributed by atoms with van der Waals surface area (Å²) >= 11 is -1.58. The van der Waals surface area contributed by atoms with Gasteiger partial charge in [0.1, 0.15) is 0 Å². The van der Waals surface area contributed by atoms with Crippen LogP contribution < -0.4 is 0 Å². The van der Waals surface area contributed by atoms with Gasteiger partial charge in [0.05, 0.1) is 17.4 Å². The highest BCUT2D eigenvalue weighted by molar-refractivity contribution is 7.84. The molecule has 22 heavy (non-hydrogen) atoms. The smallest absolute Gasteiger partial charge is 0.306 e. The van der Waals surface area contributed by atoms with Gasteiger partial charge in [0.15, 0.2) is 23.0 Å². The van der Waals surface area contributed by atoms with E-state index in [1.807, 2.05) is 0 Å². The molecule has 7 nitrogen and oxygen atoms in total. The molecule has 0 aliphatic carbocycles. The molecule has 0 saturated heterocycles. The molecule has 0 heterocycles. The zero-order chi connectivity index (χ0) is 16.8. The minimum absolute atomic E-state index is 0.0617. The van der Waals surface area contributed by atoms with Crippen molar-refractivity contribution in [2.45, 2.75) is 45.4 Å². The third kappa shape index (κ3) is 14.2. The molecule has 0 fully saturated rings. The van der Waals surface area contributed by atoms with Gasteiger partial charge in [0.2, 0.25) is 0 Å². The molecule has 9 heteroatoms. The Morgan fingerprint density at radius 3 is 1.82 bits per heavy atom. The van der Waals surface area contributed by atoms with Crippen LogP contribution in [0.5, 0.6) is 0 Å². The fourth-order valence-corrected chi connectivity index (χ4v) is 2.32. The number of rotatable bonds is 13. The van der Waals surface area contributed by atoms with Crippen molar-refractivity contribution < 1.29 is 31.7 Å². The average Bonchev–Trinajstić information content (AvgIpc) is 2.46. The molecule has 0 aromatic rings. The topological polar surface area (TPSA) is 96.0 Å². The van der Waals surface area contributed by atoms with Gasteiger partial charge in [-0.1, -0.05) is 12.8 Å². The maximum Gasteiger partial charge on any atom is 0.306 e. The van der Waals surface area contributed by atoms with Gasteiger partial charge in [-0.15, -0.1) is 0 Å². The highest BCUT2D eigenvalue weighted by Gasteiger charge is 2.07. The standard InChI is InChI=1S/C13H24O7S2/c1-3-20-22(17)11-19-13(15)9-7-5-4-6-8-12(14)18-10-21(2)16/h3-11H2,1-2H3. The minimum Gasteiger partial charge on any atom is -0.452 e. The highest BCUT2D eigenvalue weighted by atomic mass is 32.2. The summed E-state index contributed by atoms with van der Waals surface area (Å²) in [5.41, 5.74) is 0. The number of carbonyl (C=O) groups is 2. The number of esters is 2. The molecule has 0 aromatic carbocycles. The monoisotopic (exact) mass is 356 g/mol. The van der Waals surface area contributed by atoms with E-state index in [0.717, 1.165) is 12.8 Å². The molecule has 0 N–H and O–H groups in total. The number of hydrogen-bond donors (Lipinski definition) is 0. The second kappa shape index (κ2) is 13.8. The summed E-state index contributed by atoms with van der Waals surface area (Å²) in [6.07, 6.45) is 4.90. The lowest BCUT2D eigenvalue weighted by molar-refractivity contribution is -0.142. The van der Waals surface area contributed by atoms with Crippen LogP contribution in [0.3, 0.4) is 0 Å². The van der Waals surface area contributed by atoms with Gasteiger partial charge >= 0.3 is 11.9 Å². The Morgan fingerprint density at radius 1 is 0.864 bits per heavy atom. The average molecular weight is 356 g/mol. The minimum atomic E-state index is -1.58. The fraction of sp³-hybridized carbons (Fsp3) is 0.846. The van der Waals surface area contributed by atoms with Gasteiger partial charge in [-0.3, -0.25) is 18.0 Å². The SMILES string of the molecule is CCOS(=O)COC(=O)CCCCCCC(=O)OCS(C)=O. The molecule has 0 aliphatic heterocycles. The van der Waals surface area contributed by atoms with Crippen molar-refractivity contribution in [2.75, 3.05) is 24.7 Å². The van der Waals surface area contributed by atoms with E-state index < -0.39 is 27.8 Å². The summed E-state index contributed by atoms with van der Waals surface area (Å²) in [5, 5.41) is 0. The first-order valence-corrected chi connectivity index (χ1v) is 10.1. The van der Waals surface area contributed by atoms with Crippen LogP contribution in [0.25, 0.3) is 0 Å². The Morgan fingerprint density at radius 2 is 1.36 bits per heavy atom. The first kappa shape index (κ1) is 21.2. The zero-order valence-corrected chi connectivity index (χ0v) is 14.7. The Hall–Kier alpha value is -0.800. The van der Waals surface area contributed by atoms with Crippen LogP contribution in [-0.4, -0.2) is 45.1 Å². The second-order valence-corrected chi connectivity index (χ2v) is 6.93. The van der Waals surface area contributed by atoms with E-state index in [9.17, 15) is 18.0 Å². The summed E-state index contributed by atoms with van der Waals surface area (Å²) in [6.45, 7) is 2.01. The van der Waals surface area contributed by atoms with Crippen molar-refractivity contribution in [3.63, 3.8) is 0 Å². The first-order valence-electron chi connectivity index (χ1n) is 7.08. The molecule has 2 atom stereocenters. The normalized spacial score (nSPS) is 13.4. The van der Waals surface area contributed by atoms with Crippen LogP contribution in [0.15, 0.2) is 0 Å². The Balaban J connectivity index is 3.45. The third-order valence-corrected chi connectivity index (χ3v) is 3.72. The van der Waals surface area contributed by atoms with E-state index in [0.29, 0.717) is 19.4 Å². The van der Waals surface area contributed by atoms with Crippen molar-refractivity contribution in [1.29, 1.82) is 0 Å². The molecule has 0 radical (unpaired) electrons. The first-order chi connectivity index (χ1) is 10.5. The molecular weight excluding hydrogens is 332 g/mol. The molecule has 0 rings (SSSR count). The van der Waals surface area contributed by atoms with Crippen LogP contribution in [0, 0.1) is 0 Å². The predicted molar refractivity (Wildman–Crippen MR) is 83.5 cm³/mol. The highest BCUT2D eigenvalue weighted by Crippen LogP contribution is 2.07. The van der Waals surface area contributed by atoms with E-state index in [-0.39, 0.29) is 30.7 Å². The van der Waals surface area contributed by atoms with Crippen molar-refractivity contribution in [2.24, 2.45) is 0 Å². The van der Waals surface area contributed by atoms with Gasteiger partial charge in [0.25, 0.3) is 0 Å². The Bertz CT molecular complexity index is 385. The fourth-order valence-electron chi connectivity index (χ4n) is 1.46. The van der Waals surface area contributed by atoms with Crippen LogP contribution in [0.1, 0.15) is 45.4 Å². The molecule has 0 aromatic heterocycles. The molecule has 0 saturated carbocycles. The summed E-state index contributed by atoms with van der Waals surface area (Å²) in [4.78, 5) is 22.5. The van der Waals surface area contributed by atoms with Crippen molar-refractivity contribution in [3.8, 4) is 0 Å². The molecule has 0 spiro atoms. The summed E-state index contributed by atoms with van der Waals surface area (Å²) in [5.74, 6) is -1.06. The van der Waals surface area contributed by atoms with Gasteiger partial charge in [-0.2, -0.15) is 0 Å². The van der Waals surface area contributed by atoms with Gasteiger partial charge < -0.3 is 9.47 Å². The molecule has 0 bridgehead atoms. The molecule has 130 valence electrons. The van der Waals surface area contributed by atoms with Crippen LogP contribution in [0.4, 0.5) is 0 Å². The number of ether oxygens (including phenoxy) is 2. The lowest BCUT2D eigenvalue weighted by atomic mass is 10.1. The van der Waals surface area contributed by atoms with Gasteiger partial charge in [0, 0.05) is 19.1 Å². The number of carbonyl (C=O) groups excluding carboxylic acids is 2. The van der Waals surface area contributed by atoms with E-state index in [4.69, 9.17) is 13.7 Å². The van der Waals surface area contributed by atoms with Crippen LogP contribution >= 0.6 is 0 Å². The second-order valence-electron chi connectivity index (χ2n) is 4.47. The Kier molecular flexibility index (Phi) is 13.3. The van der Waals surface area contributed by atoms with Gasteiger partial charge in [-0.05, 0) is 19.8 Å². The number of hydrogen-bond acceptors (Lipinski definition) is 7. The van der Waals surface area contributed by atoms with Gasteiger partial charge in [-0.25, -0.2) is 4.21 Å². The molecular formula is C13H24O7S2. The maximum absolute atomic E-state index is 11.3. The summed E-state index contributed by atoms with van der Waals surface area (Å²) in [7, 11) is -1.13. The lowest BCUT2D eigenvalue weighted by Gasteiger charge is -2.05. The van der Waals surface area contributed by atoms with Crippen molar-refractivity contribution in [3.05, 3.63) is 0 Å². The zero-order valence-electron chi connectivity index (χ0n) is 13.0.